The maximum absolute atomic E-state index is 13.0. The molecule has 2 aromatic carbocycles. The van der Waals surface area contributed by atoms with E-state index in [1.807, 2.05) is 31.2 Å². The van der Waals surface area contributed by atoms with E-state index in [4.69, 9.17) is 0 Å². The predicted molar refractivity (Wildman–Crippen MR) is 107 cm³/mol. The average Bonchev–Trinajstić information content (AvgIpc) is 3.06. The zero-order valence-electron chi connectivity index (χ0n) is 15.3. The van der Waals surface area contributed by atoms with E-state index < -0.39 is 5.25 Å². The van der Waals surface area contributed by atoms with Gasteiger partial charge in [-0.15, -0.1) is 10.2 Å². The number of fused-ring (bicyclic) bond motifs is 3. The van der Waals surface area contributed by atoms with Crippen LogP contribution in [-0.4, -0.2) is 31.3 Å². The van der Waals surface area contributed by atoms with E-state index in [2.05, 4.69) is 25.5 Å². The van der Waals surface area contributed by atoms with Crippen molar-refractivity contribution in [3.63, 3.8) is 0 Å². The molecule has 2 atom stereocenters. The Morgan fingerprint density at radius 2 is 1.86 bits per heavy atom. The first-order valence-corrected chi connectivity index (χ1v) is 9.73. The largest absolute Gasteiger partial charge is 0.349 e. The first-order valence-electron chi connectivity index (χ1n) is 8.85. The number of hydrogen-bond donors (Lipinski definition) is 2. The summed E-state index contributed by atoms with van der Waals surface area (Å²) in [5.41, 5.74) is 3.14. The highest BCUT2D eigenvalue weighted by Gasteiger charge is 2.19. The van der Waals surface area contributed by atoms with Crippen molar-refractivity contribution >= 4 is 39.7 Å². The monoisotopic (exact) mass is 395 g/mol. The number of thioether (sulfide) groups is 1. The Hall–Kier alpha value is -3.00. The van der Waals surface area contributed by atoms with Gasteiger partial charge in [0, 0.05) is 10.9 Å². The first-order chi connectivity index (χ1) is 13.5. The lowest BCUT2D eigenvalue weighted by Gasteiger charge is -2.17. The molecule has 4 aromatic rings. The minimum absolute atomic E-state index is 0.151. The highest BCUT2D eigenvalue weighted by Crippen LogP contribution is 2.25. The first kappa shape index (κ1) is 18.4. The average molecular weight is 395 g/mol. The van der Waals surface area contributed by atoms with Crippen molar-refractivity contribution in [3.8, 4) is 0 Å². The highest BCUT2D eigenvalue weighted by atomic mass is 32.2. The molecule has 1 amide bonds. The zero-order valence-corrected chi connectivity index (χ0v) is 16.1. The number of nitrogens with one attached hydrogen (secondary N) is 2. The van der Waals surface area contributed by atoms with Crippen molar-refractivity contribution in [2.75, 3.05) is 0 Å². The molecule has 2 N–H and O–H groups in total. The molecular formula is C20H18FN5OS. The molecule has 0 aliphatic rings. The number of benzene rings is 2. The Kier molecular flexibility index (Phi) is 4.95. The minimum atomic E-state index is -0.411. The van der Waals surface area contributed by atoms with Gasteiger partial charge in [0.1, 0.15) is 11.3 Å². The van der Waals surface area contributed by atoms with Crippen molar-refractivity contribution in [2.45, 2.75) is 30.3 Å². The van der Waals surface area contributed by atoms with Gasteiger partial charge in [-0.3, -0.25) is 4.79 Å². The molecule has 0 saturated carbocycles. The summed E-state index contributed by atoms with van der Waals surface area (Å²) in [5.74, 6) is -0.453. The number of hydrogen-bond acceptors (Lipinski definition) is 5. The number of aromatic nitrogens is 4. The fourth-order valence-corrected chi connectivity index (χ4v) is 3.66. The highest BCUT2D eigenvalue weighted by molar-refractivity contribution is 8.00. The Morgan fingerprint density at radius 3 is 2.64 bits per heavy atom. The third-order valence-electron chi connectivity index (χ3n) is 4.48. The topological polar surface area (TPSA) is 83.6 Å². The molecule has 2 heterocycles. The van der Waals surface area contributed by atoms with Gasteiger partial charge in [-0.05, 0) is 37.6 Å². The summed E-state index contributed by atoms with van der Waals surface area (Å²) in [5, 5.41) is 12.3. The molecular weight excluding hydrogens is 377 g/mol. The third-order valence-corrected chi connectivity index (χ3v) is 5.43. The van der Waals surface area contributed by atoms with Crippen LogP contribution in [0.2, 0.25) is 0 Å². The Bertz CT molecular complexity index is 1140. The van der Waals surface area contributed by atoms with Gasteiger partial charge in [0.15, 0.2) is 5.65 Å². The maximum atomic E-state index is 13.0. The summed E-state index contributed by atoms with van der Waals surface area (Å²) >= 11 is 1.24. The van der Waals surface area contributed by atoms with Gasteiger partial charge in [0.25, 0.3) is 0 Å². The molecule has 8 heteroatoms. The molecule has 0 spiro atoms. The van der Waals surface area contributed by atoms with E-state index in [1.54, 1.807) is 19.1 Å². The van der Waals surface area contributed by atoms with Crippen molar-refractivity contribution in [1.29, 1.82) is 0 Å². The van der Waals surface area contributed by atoms with Crippen molar-refractivity contribution in [3.05, 3.63) is 59.9 Å². The molecule has 0 aliphatic carbocycles. The van der Waals surface area contributed by atoms with Gasteiger partial charge >= 0.3 is 0 Å². The van der Waals surface area contributed by atoms with Crippen LogP contribution in [0.15, 0.2) is 53.7 Å². The zero-order chi connectivity index (χ0) is 19.7. The van der Waals surface area contributed by atoms with Gasteiger partial charge in [-0.2, -0.15) is 0 Å². The second kappa shape index (κ2) is 7.55. The number of carbonyl (C=O) groups excluding carboxylic acids is 1. The van der Waals surface area contributed by atoms with Gasteiger partial charge in [0.2, 0.25) is 11.1 Å². The number of para-hydroxylation sites is 1. The van der Waals surface area contributed by atoms with E-state index in [9.17, 15) is 9.18 Å². The quantitative estimate of drug-likeness (QED) is 0.499. The number of aromatic amines is 1. The summed E-state index contributed by atoms with van der Waals surface area (Å²) in [6, 6.07) is 13.7. The second-order valence-corrected chi connectivity index (χ2v) is 7.81. The predicted octanol–water partition coefficient (Wildman–Crippen LogP) is 4.00. The van der Waals surface area contributed by atoms with Gasteiger partial charge < -0.3 is 10.3 Å². The number of carbonyl (C=O) groups is 1. The molecule has 142 valence electrons. The molecule has 6 nitrogen and oxygen atoms in total. The number of nitrogens with zero attached hydrogens (tertiary/aromatic N) is 3. The molecule has 2 aromatic heterocycles. The molecule has 0 bridgehead atoms. The number of rotatable bonds is 5. The van der Waals surface area contributed by atoms with Crippen LogP contribution >= 0.6 is 11.8 Å². The Balaban J connectivity index is 1.46. The summed E-state index contributed by atoms with van der Waals surface area (Å²) in [7, 11) is 0. The lowest BCUT2D eigenvalue weighted by molar-refractivity contribution is -0.120. The van der Waals surface area contributed by atoms with Crippen LogP contribution in [-0.2, 0) is 4.79 Å². The molecule has 0 aliphatic heterocycles. The number of amides is 1. The van der Waals surface area contributed by atoms with Crippen molar-refractivity contribution in [2.24, 2.45) is 0 Å². The lowest BCUT2D eigenvalue weighted by atomic mass is 10.1. The Morgan fingerprint density at radius 1 is 1.11 bits per heavy atom. The normalized spacial score (nSPS) is 13.5. The van der Waals surface area contributed by atoms with Crippen LogP contribution in [0.25, 0.3) is 22.1 Å². The summed E-state index contributed by atoms with van der Waals surface area (Å²) < 4.78 is 13.0. The van der Waals surface area contributed by atoms with E-state index in [1.165, 1.54) is 23.9 Å². The van der Waals surface area contributed by atoms with Gasteiger partial charge in [0.05, 0.1) is 11.3 Å². The fraction of sp³-hybridized carbons (Fsp3) is 0.200. The van der Waals surface area contributed by atoms with E-state index in [0.717, 1.165) is 16.5 Å². The van der Waals surface area contributed by atoms with Crippen LogP contribution in [0.3, 0.4) is 0 Å². The SMILES string of the molecule is C[C@H](NC(=O)[C@@H](C)Sc1nnc2c(n1)[nH]c1ccccc12)c1ccc(F)cc1. The van der Waals surface area contributed by atoms with Gasteiger partial charge in [-0.1, -0.05) is 42.1 Å². The third kappa shape index (κ3) is 3.68. The van der Waals surface area contributed by atoms with Crippen LogP contribution < -0.4 is 5.32 Å². The van der Waals surface area contributed by atoms with Gasteiger partial charge in [-0.25, -0.2) is 9.37 Å². The minimum Gasteiger partial charge on any atom is -0.349 e. The molecule has 0 radical (unpaired) electrons. The summed E-state index contributed by atoms with van der Waals surface area (Å²) in [6.07, 6.45) is 0. The summed E-state index contributed by atoms with van der Waals surface area (Å²) in [4.78, 5) is 20.2. The second-order valence-electron chi connectivity index (χ2n) is 6.50. The van der Waals surface area contributed by atoms with Crippen LogP contribution in [0.1, 0.15) is 25.5 Å². The van der Waals surface area contributed by atoms with Crippen molar-refractivity contribution < 1.29 is 9.18 Å². The lowest BCUT2D eigenvalue weighted by Crippen LogP contribution is -2.33. The smallest absolute Gasteiger partial charge is 0.233 e. The Labute approximate surface area is 165 Å². The summed E-state index contributed by atoms with van der Waals surface area (Å²) in [6.45, 7) is 3.65. The standard InChI is InChI=1S/C20H18FN5OS/c1-11(13-7-9-14(21)10-8-13)22-19(27)12(2)28-20-24-18-17(25-26-20)15-5-3-4-6-16(15)23-18/h3-12H,1-2H3,(H,22,27)(H,23,24,26)/t11-,12+/m0/s1. The van der Waals surface area contributed by atoms with Crippen LogP contribution in [0, 0.1) is 5.82 Å². The van der Waals surface area contributed by atoms with Crippen LogP contribution in [0.4, 0.5) is 4.39 Å². The molecule has 0 fully saturated rings. The van der Waals surface area contributed by atoms with E-state index >= 15 is 0 Å². The van der Waals surface area contributed by atoms with E-state index in [0.29, 0.717) is 16.3 Å². The molecule has 0 unspecified atom stereocenters. The van der Waals surface area contributed by atoms with E-state index in [-0.39, 0.29) is 17.8 Å². The fourth-order valence-electron chi connectivity index (χ4n) is 2.93. The molecule has 4 rings (SSSR count). The maximum Gasteiger partial charge on any atom is 0.233 e. The van der Waals surface area contributed by atoms with Crippen molar-refractivity contribution in [1.82, 2.24) is 25.5 Å². The number of halogens is 1. The molecule has 0 saturated heterocycles. The van der Waals surface area contributed by atoms with Crippen LogP contribution in [0.5, 0.6) is 0 Å². The number of H-pyrrole nitrogens is 1. The molecule has 28 heavy (non-hydrogen) atoms.